The summed E-state index contributed by atoms with van der Waals surface area (Å²) in [7, 11) is 0. The van der Waals surface area contributed by atoms with Crippen LogP contribution in [0.2, 0.25) is 0 Å². The van der Waals surface area contributed by atoms with Gasteiger partial charge < -0.3 is 10.1 Å². The molecule has 23 heavy (non-hydrogen) atoms. The van der Waals surface area contributed by atoms with Crippen molar-refractivity contribution >= 4 is 17.7 Å². The van der Waals surface area contributed by atoms with Crippen LogP contribution in [0.25, 0.3) is 6.08 Å². The zero-order chi connectivity index (χ0) is 16.5. The lowest BCUT2D eigenvalue weighted by Crippen LogP contribution is -2.08. The second kappa shape index (κ2) is 8.73. The Morgan fingerprint density at radius 2 is 1.91 bits per heavy atom. The lowest BCUT2D eigenvalue weighted by atomic mass is 10.2. The SMILES string of the molecule is CCCCOc1ccc(C=CC(=O)Nc2ccccc2F)cc1. The first-order valence-corrected chi connectivity index (χ1v) is 7.65. The molecule has 0 aliphatic heterocycles. The number of halogens is 1. The number of unbranched alkanes of at least 4 members (excludes halogenated alkanes) is 1. The van der Waals surface area contributed by atoms with E-state index < -0.39 is 5.82 Å². The van der Waals surface area contributed by atoms with Gasteiger partial charge in [-0.25, -0.2) is 4.39 Å². The number of anilines is 1. The number of ether oxygens (including phenoxy) is 1. The van der Waals surface area contributed by atoms with Crippen molar-refractivity contribution in [3.63, 3.8) is 0 Å². The highest BCUT2D eigenvalue weighted by atomic mass is 19.1. The van der Waals surface area contributed by atoms with Crippen LogP contribution in [0, 0.1) is 5.82 Å². The molecule has 0 aliphatic rings. The maximum Gasteiger partial charge on any atom is 0.248 e. The van der Waals surface area contributed by atoms with E-state index in [0.29, 0.717) is 6.61 Å². The van der Waals surface area contributed by atoms with Crippen molar-refractivity contribution in [1.82, 2.24) is 0 Å². The van der Waals surface area contributed by atoms with E-state index in [0.717, 1.165) is 24.2 Å². The Balaban J connectivity index is 1.89. The number of hydrogen-bond acceptors (Lipinski definition) is 2. The highest BCUT2D eigenvalue weighted by molar-refractivity contribution is 6.01. The van der Waals surface area contributed by atoms with E-state index in [-0.39, 0.29) is 11.6 Å². The van der Waals surface area contributed by atoms with Crippen LogP contribution in [0.4, 0.5) is 10.1 Å². The molecule has 1 N–H and O–H groups in total. The topological polar surface area (TPSA) is 38.3 Å². The summed E-state index contributed by atoms with van der Waals surface area (Å²) >= 11 is 0. The fourth-order valence-electron chi connectivity index (χ4n) is 1.92. The van der Waals surface area contributed by atoms with Crippen molar-refractivity contribution in [3.8, 4) is 5.75 Å². The standard InChI is InChI=1S/C19H20FNO2/c1-2-3-14-23-16-11-8-15(9-12-16)10-13-19(22)21-18-7-5-4-6-17(18)20/h4-13H,2-3,14H2,1H3,(H,21,22). The fourth-order valence-corrected chi connectivity index (χ4v) is 1.92. The van der Waals surface area contributed by atoms with Crippen molar-refractivity contribution in [2.45, 2.75) is 19.8 Å². The smallest absolute Gasteiger partial charge is 0.248 e. The molecule has 0 saturated heterocycles. The summed E-state index contributed by atoms with van der Waals surface area (Å²) in [6, 6.07) is 13.5. The third-order valence-corrected chi connectivity index (χ3v) is 3.21. The van der Waals surface area contributed by atoms with Gasteiger partial charge in [0, 0.05) is 6.08 Å². The van der Waals surface area contributed by atoms with Gasteiger partial charge in [0.1, 0.15) is 11.6 Å². The number of para-hydroxylation sites is 1. The maximum atomic E-state index is 13.4. The third kappa shape index (κ3) is 5.58. The normalized spacial score (nSPS) is 10.7. The summed E-state index contributed by atoms with van der Waals surface area (Å²) in [6.45, 7) is 2.82. The van der Waals surface area contributed by atoms with Gasteiger partial charge in [-0.2, -0.15) is 0 Å². The van der Waals surface area contributed by atoms with Crippen LogP contribution in [0.15, 0.2) is 54.6 Å². The number of nitrogens with one attached hydrogen (secondary N) is 1. The Labute approximate surface area is 135 Å². The van der Waals surface area contributed by atoms with E-state index >= 15 is 0 Å². The first kappa shape index (κ1) is 16.7. The molecule has 0 atom stereocenters. The molecular weight excluding hydrogens is 293 g/mol. The molecule has 0 radical (unpaired) electrons. The first-order valence-electron chi connectivity index (χ1n) is 7.65. The van der Waals surface area contributed by atoms with E-state index in [2.05, 4.69) is 12.2 Å². The van der Waals surface area contributed by atoms with Crippen LogP contribution in [-0.4, -0.2) is 12.5 Å². The summed E-state index contributed by atoms with van der Waals surface area (Å²) in [4.78, 5) is 11.8. The van der Waals surface area contributed by atoms with Gasteiger partial charge >= 0.3 is 0 Å². The van der Waals surface area contributed by atoms with Crippen molar-refractivity contribution in [3.05, 3.63) is 66.0 Å². The monoisotopic (exact) mass is 313 g/mol. The number of amides is 1. The quantitative estimate of drug-likeness (QED) is 0.596. The molecule has 0 heterocycles. The number of carbonyl (C=O) groups is 1. The lowest BCUT2D eigenvalue weighted by molar-refractivity contribution is -0.111. The molecule has 0 fully saturated rings. The van der Waals surface area contributed by atoms with Crippen LogP contribution < -0.4 is 10.1 Å². The number of benzene rings is 2. The molecular formula is C19H20FNO2. The Morgan fingerprint density at radius 3 is 2.61 bits per heavy atom. The predicted molar refractivity (Wildman–Crippen MR) is 90.9 cm³/mol. The maximum absolute atomic E-state index is 13.4. The fraction of sp³-hybridized carbons (Fsp3) is 0.211. The predicted octanol–water partition coefficient (Wildman–Crippen LogP) is 4.66. The summed E-state index contributed by atoms with van der Waals surface area (Å²) in [5, 5.41) is 2.50. The van der Waals surface area contributed by atoms with Crippen LogP contribution in [0.3, 0.4) is 0 Å². The molecule has 2 rings (SSSR count). The highest BCUT2D eigenvalue weighted by Crippen LogP contribution is 2.15. The average Bonchev–Trinajstić information content (AvgIpc) is 2.56. The van der Waals surface area contributed by atoms with Crippen LogP contribution >= 0.6 is 0 Å². The summed E-state index contributed by atoms with van der Waals surface area (Å²) in [5.41, 5.74) is 1.04. The molecule has 0 spiro atoms. The largest absolute Gasteiger partial charge is 0.494 e. The molecule has 0 saturated carbocycles. The number of hydrogen-bond donors (Lipinski definition) is 1. The van der Waals surface area contributed by atoms with Crippen molar-refractivity contribution in [2.75, 3.05) is 11.9 Å². The minimum atomic E-state index is -0.456. The van der Waals surface area contributed by atoms with Gasteiger partial charge in [0.25, 0.3) is 0 Å². The molecule has 2 aromatic carbocycles. The van der Waals surface area contributed by atoms with E-state index in [9.17, 15) is 9.18 Å². The van der Waals surface area contributed by atoms with E-state index in [1.807, 2.05) is 24.3 Å². The molecule has 0 bridgehead atoms. The Bertz CT molecular complexity index is 665. The zero-order valence-corrected chi connectivity index (χ0v) is 13.1. The molecule has 0 aromatic heterocycles. The first-order chi connectivity index (χ1) is 11.2. The summed E-state index contributed by atoms with van der Waals surface area (Å²) in [6.07, 6.45) is 5.17. The Morgan fingerprint density at radius 1 is 1.17 bits per heavy atom. The van der Waals surface area contributed by atoms with Gasteiger partial charge in [-0.3, -0.25) is 4.79 Å². The second-order valence-electron chi connectivity index (χ2n) is 5.07. The summed E-state index contributed by atoms with van der Waals surface area (Å²) in [5.74, 6) is -0.0207. The minimum absolute atomic E-state index is 0.168. The van der Waals surface area contributed by atoms with Gasteiger partial charge in [-0.05, 0) is 42.3 Å². The van der Waals surface area contributed by atoms with Gasteiger partial charge in [0.05, 0.1) is 12.3 Å². The van der Waals surface area contributed by atoms with Gasteiger partial charge in [0.15, 0.2) is 0 Å². The van der Waals surface area contributed by atoms with E-state index in [4.69, 9.17) is 4.74 Å². The van der Waals surface area contributed by atoms with Crippen molar-refractivity contribution in [2.24, 2.45) is 0 Å². The molecule has 4 heteroatoms. The Hall–Kier alpha value is -2.62. The van der Waals surface area contributed by atoms with E-state index in [1.165, 1.54) is 18.2 Å². The second-order valence-corrected chi connectivity index (χ2v) is 5.07. The lowest BCUT2D eigenvalue weighted by Gasteiger charge is -2.05. The highest BCUT2D eigenvalue weighted by Gasteiger charge is 2.02. The van der Waals surface area contributed by atoms with E-state index in [1.54, 1.807) is 18.2 Å². The number of carbonyl (C=O) groups excluding carboxylic acids is 1. The molecule has 0 aliphatic carbocycles. The average molecular weight is 313 g/mol. The van der Waals surface area contributed by atoms with Crippen LogP contribution in [0.5, 0.6) is 5.75 Å². The molecule has 120 valence electrons. The molecule has 1 amide bonds. The number of rotatable bonds is 7. The van der Waals surface area contributed by atoms with Gasteiger partial charge in [-0.1, -0.05) is 37.6 Å². The van der Waals surface area contributed by atoms with Gasteiger partial charge in [-0.15, -0.1) is 0 Å². The third-order valence-electron chi connectivity index (χ3n) is 3.21. The minimum Gasteiger partial charge on any atom is -0.494 e. The summed E-state index contributed by atoms with van der Waals surface area (Å²) < 4.78 is 19.0. The zero-order valence-electron chi connectivity index (χ0n) is 13.1. The van der Waals surface area contributed by atoms with Crippen LogP contribution in [0.1, 0.15) is 25.3 Å². The van der Waals surface area contributed by atoms with Gasteiger partial charge in [0.2, 0.25) is 5.91 Å². The Kier molecular flexibility index (Phi) is 6.36. The molecule has 2 aromatic rings. The van der Waals surface area contributed by atoms with Crippen molar-refractivity contribution in [1.29, 1.82) is 0 Å². The van der Waals surface area contributed by atoms with Crippen molar-refractivity contribution < 1.29 is 13.9 Å². The molecule has 0 unspecified atom stereocenters. The van der Waals surface area contributed by atoms with Crippen LogP contribution in [-0.2, 0) is 4.79 Å². The molecule has 3 nitrogen and oxygen atoms in total.